The zero-order valence-electron chi connectivity index (χ0n) is 14.6. The second-order valence-corrected chi connectivity index (χ2v) is 7.05. The van der Waals surface area contributed by atoms with Gasteiger partial charge in [-0.3, -0.25) is 0 Å². The van der Waals surface area contributed by atoms with Gasteiger partial charge in [0.2, 0.25) is 0 Å². The molecule has 19 heteroatoms. The summed E-state index contributed by atoms with van der Waals surface area (Å²) in [6, 6.07) is 0. The predicted molar refractivity (Wildman–Crippen MR) is 70.1 cm³/mol. The van der Waals surface area contributed by atoms with Crippen molar-refractivity contribution in [3.05, 3.63) is 0 Å². The molecular weight excluding hydrogens is 528 g/mol. The number of aliphatic hydroxyl groups is 1. The number of aliphatic hydroxyl groups excluding tert-OH is 1. The summed E-state index contributed by atoms with van der Waals surface area (Å²) in [5, 5.41) is 2.27. The average molecular weight is 537 g/mol. The standard InChI is InChI=1S/C13H9ClF16O2/c14-13(29,30)12(27,28)11(25,26)10(23,24)9(21,22)8(19,20)7(17,18)6(15,16)4-2-1-3-32-5(4)31/h4-5,31H,1-3H2/t4-,5-/m1/s1. The van der Waals surface area contributed by atoms with Crippen molar-refractivity contribution in [2.24, 2.45) is 5.92 Å². The molecule has 192 valence electrons. The molecule has 1 N–H and O–H groups in total. The molecule has 0 aromatic rings. The Morgan fingerprint density at radius 1 is 0.594 bits per heavy atom. The second-order valence-electron chi connectivity index (χ2n) is 6.58. The average Bonchev–Trinajstić information content (AvgIpc) is 2.59. The molecule has 1 aliphatic rings. The van der Waals surface area contributed by atoms with Crippen molar-refractivity contribution < 1.29 is 80.1 Å². The summed E-state index contributed by atoms with van der Waals surface area (Å²) in [4.78, 5) is 0. The van der Waals surface area contributed by atoms with Crippen LogP contribution in [0.2, 0.25) is 0 Å². The third kappa shape index (κ3) is 3.67. The van der Waals surface area contributed by atoms with Gasteiger partial charge in [0.25, 0.3) is 0 Å². The van der Waals surface area contributed by atoms with Gasteiger partial charge in [0.15, 0.2) is 6.29 Å². The molecule has 2 nitrogen and oxygen atoms in total. The third-order valence-corrected chi connectivity index (χ3v) is 4.74. The maximum Gasteiger partial charge on any atom is 0.393 e. The van der Waals surface area contributed by atoms with E-state index >= 15 is 0 Å². The number of ether oxygens (including phenoxy) is 1. The number of hydrogen-bond donors (Lipinski definition) is 1. The van der Waals surface area contributed by atoms with Crippen molar-refractivity contribution in [1.82, 2.24) is 0 Å². The maximum absolute atomic E-state index is 13.9. The van der Waals surface area contributed by atoms with Crippen LogP contribution in [-0.4, -0.2) is 64.8 Å². The minimum atomic E-state index is -8.51. The number of halogens is 17. The van der Waals surface area contributed by atoms with Crippen LogP contribution in [0.3, 0.4) is 0 Å². The zero-order chi connectivity index (χ0) is 26.0. The number of rotatable bonds is 8. The van der Waals surface area contributed by atoms with E-state index in [1.807, 2.05) is 0 Å². The molecule has 1 heterocycles. The summed E-state index contributed by atoms with van der Waals surface area (Å²) in [6.45, 7) is -0.627. The summed E-state index contributed by atoms with van der Waals surface area (Å²) < 4.78 is 218. The lowest BCUT2D eigenvalue weighted by atomic mass is 9.82. The lowest BCUT2D eigenvalue weighted by molar-refractivity contribution is -0.454. The van der Waals surface area contributed by atoms with Crippen molar-refractivity contribution in [1.29, 1.82) is 0 Å². The summed E-state index contributed by atoms with van der Waals surface area (Å²) >= 11 is 3.42. The van der Waals surface area contributed by atoms with Gasteiger partial charge in [-0.1, -0.05) is 0 Å². The number of alkyl halides is 17. The van der Waals surface area contributed by atoms with E-state index in [2.05, 4.69) is 16.3 Å². The van der Waals surface area contributed by atoms with Crippen molar-refractivity contribution in [3.63, 3.8) is 0 Å². The van der Waals surface area contributed by atoms with Crippen molar-refractivity contribution >= 4 is 11.6 Å². The first-order valence-electron chi connectivity index (χ1n) is 7.78. The van der Waals surface area contributed by atoms with Crippen LogP contribution in [0.1, 0.15) is 12.8 Å². The summed E-state index contributed by atoms with van der Waals surface area (Å²) in [5.41, 5.74) is 0. The van der Waals surface area contributed by atoms with Crippen LogP contribution in [-0.2, 0) is 4.74 Å². The van der Waals surface area contributed by atoms with Gasteiger partial charge in [0.05, 0.1) is 5.92 Å². The first-order valence-corrected chi connectivity index (χ1v) is 8.15. The molecule has 1 rings (SSSR count). The molecule has 2 atom stereocenters. The lowest BCUT2D eigenvalue weighted by Gasteiger charge is -2.45. The highest BCUT2D eigenvalue weighted by atomic mass is 35.5. The van der Waals surface area contributed by atoms with Gasteiger partial charge in [-0.25, -0.2) is 0 Å². The van der Waals surface area contributed by atoms with Crippen LogP contribution >= 0.6 is 11.6 Å². The Morgan fingerprint density at radius 2 is 0.938 bits per heavy atom. The van der Waals surface area contributed by atoms with E-state index in [9.17, 15) is 70.2 Å². The Labute approximate surface area is 171 Å². The van der Waals surface area contributed by atoms with E-state index < -0.39 is 78.5 Å². The lowest BCUT2D eigenvalue weighted by Crippen LogP contribution is -2.75. The highest BCUT2D eigenvalue weighted by Crippen LogP contribution is 2.65. The molecule has 0 bridgehead atoms. The number of hydrogen-bond acceptors (Lipinski definition) is 2. The van der Waals surface area contributed by atoms with E-state index in [0.717, 1.165) is 0 Å². The fraction of sp³-hybridized carbons (Fsp3) is 1.00. The predicted octanol–water partition coefficient (Wildman–Crippen LogP) is 6.01. The molecule has 0 radical (unpaired) electrons. The van der Waals surface area contributed by atoms with E-state index in [-0.39, 0.29) is 0 Å². The molecule has 0 aromatic carbocycles. The summed E-state index contributed by atoms with van der Waals surface area (Å²) in [6.07, 6.45) is -5.08. The summed E-state index contributed by atoms with van der Waals surface area (Å²) in [7, 11) is 0. The Morgan fingerprint density at radius 3 is 1.28 bits per heavy atom. The Balaban J connectivity index is 3.61. The monoisotopic (exact) mass is 536 g/mol. The first kappa shape index (κ1) is 29.1. The van der Waals surface area contributed by atoms with E-state index in [4.69, 9.17) is 5.11 Å². The Hall–Kier alpha value is -0.910. The van der Waals surface area contributed by atoms with Crippen LogP contribution in [0.5, 0.6) is 0 Å². The van der Waals surface area contributed by atoms with Crippen LogP contribution in [0.25, 0.3) is 0 Å². The molecule has 0 aliphatic carbocycles. The maximum atomic E-state index is 13.9. The fourth-order valence-electron chi connectivity index (χ4n) is 2.54. The SMILES string of the molecule is O[C@@H]1OCCC[C@H]1C(F)(F)C(F)(F)C(F)(F)C(F)(F)C(F)(F)C(F)(F)C(F)(F)C(F)(F)Cl. The second kappa shape index (κ2) is 7.81. The quantitative estimate of drug-likeness (QED) is 0.304. The minimum absolute atomic E-state index is 0.627. The van der Waals surface area contributed by atoms with Crippen LogP contribution < -0.4 is 0 Å². The first-order chi connectivity index (χ1) is 13.8. The molecule has 0 saturated carbocycles. The highest BCUT2D eigenvalue weighted by Gasteiger charge is 2.95. The molecular formula is C13H9ClF16O2. The molecule has 1 fully saturated rings. The molecule has 0 unspecified atom stereocenters. The minimum Gasteiger partial charge on any atom is -0.367 e. The van der Waals surface area contributed by atoms with Gasteiger partial charge in [0.1, 0.15) is 0 Å². The van der Waals surface area contributed by atoms with E-state index in [1.54, 1.807) is 0 Å². The Bertz CT molecular complexity index is 688. The largest absolute Gasteiger partial charge is 0.393 e. The van der Waals surface area contributed by atoms with Crippen molar-refractivity contribution in [2.45, 2.75) is 66.0 Å². The van der Waals surface area contributed by atoms with Gasteiger partial charge in [-0.15, -0.1) is 0 Å². The topological polar surface area (TPSA) is 29.5 Å². The van der Waals surface area contributed by atoms with Crippen LogP contribution in [0.15, 0.2) is 0 Å². The zero-order valence-corrected chi connectivity index (χ0v) is 15.3. The summed E-state index contributed by atoms with van der Waals surface area (Å²) in [5.74, 6) is -59.2. The van der Waals surface area contributed by atoms with Crippen LogP contribution in [0, 0.1) is 5.92 Å². The van der Waals surface area contributed by atoms with Gasteiger partial charge < -0.3 is 9.84 Å². The van der Waals surface area contributed by atoms with Crippen LogP contribution in [0.4, 0.5) is 70.2 Å². The van der Waals surface area contributed by atoms with Crippen molar-refractivity contribution in [3.8, 4) is 0 Å². The smallest absolute Gasteiger partial charge is 0.367 e. The van der Waals surface area contributed by atoms with E-state index in [1.165, 1.54) is 0 Å². The molecule has 0 aromatic heterocycles. The van der Waals surface area contributed by atoms with Crippen molar-refractivity contribution in [2.75, 3.05) is 6.61 Å². The highest BCUT2D eigenvalue weighted by molar-refractivity contribution is 6.22. The molecule has 1 aliphatic heterocycles. The van der Waals surface area contributed by atoms with E-state index in [0.29, 0.717) is 0 Å². The normalized spacial score (nSPS) is 23.4. The van der Waals surface area contributed by atoms with Gasteiger partial charge in [-0.05, 0) is 24.4 Å². The van der Waals surface area contributed by atoms with Gasteiger partial charge in [0, 0.05) is 6.61 Å². The molecule has 0 amide bonds. The van der Waals surface area contributed by atoms with Gasteiger partial charge in [-0.2, -0.15) is 70.2 Å². The molecule has 32 heavy (non-hydrogen) atoms. The Kier molecular flexibility index (Phi) is 7.11. The fourth-order valence-corrected chi connectivity index (χ4v) is 2.65. The molecule has 1 saturated heterocycles. The van der Waals surface area contributed by atoms with Gasteiger partial charge >= 0.3 is 46.8 Å². The molecule has 0 spiro atoms. The third-order valence-electron chi connectivity index (χ3n) is 4.50.